The van der Waals surface area contributed by atoms with Gasteiger partial charge in [-0.1, -0.05) is 51.1 Å². The smallest absolute Gasteiger partial charge is 0.266 e. The Bertz CT molecular complexity index is 982. The standard InChI is InChI=1S/C24H28N2O3S/c1-6-17-10-7-8-12-19(17)25-24-26(4)23(27)21(30-24)14-18-11-9-13-20(28-5)22(18)29-15-16(2)3/h7-14,16H,6,15H2,1-5H3/b21-14+,25-24?. The van der Waals surface area contributed by atoms with Gasteiger partial charge in [0.1, 0.15) is 0 Å². The predicted octanol–water partition coefficient (Wildman–Crippen LogP) is 5.53. The molecule has 0 N–H and O–H groups in total. The van der Waals surface area contributed by atoms with Gasteiger partial charge in [0.05, 0.1) is 24.3 Å². The lowest BCUT2D eigenvalue weighted by atomic mass is 10.1. The van der Waals surface area contributed by atoms with Crippen molar-refractivity contribution in [1.29, 1.82) is 0 Å². The number of hydrogen-bond acceptors (Lipinski definition) is 5. The van der Waals surface area contributed by atoms with Gasteiger partial charge in [-0.3, -0.25) is 9.69 Å². The summed E-state index contributed by atoms with van der Waals surface area (Å²) in [5.41, 5.74) is 2.86. The van der Waals surface area contributed by atoms with Gasteiger partial charge < -0.3 is 9.47 Å². The largest absolute Gasteiger partial charge is 0.493 e. The van der Waals surface area contributed by atoms with Crippen LogP contribution >= 0.6 is 11.8 Å². The van der Waals surface area contributed by atoms with Crippen LogP contribution in [0.2, 0.25) is 0 Å². The number of carbonyl (C=O) groups excluding carboxylic acids is 1. The van der Waals surface area contributed by atoms with Crippen LogP contribution < -0.4 is 9.47 Å². The number of likely N-dealkylation sites (N-methyl/N-ethyl adjacent to an activating group) is 1. The van der Waals surface area contributed by atoms with Crippen LogP contribution in [-0.4, -0.2) is 36.7 Å². The minimum Gasteiger partial charge on any atom is -0.493 e. The number of amides is 1. The molecule has 1 heterocycles. The third-order valence-electron chi connectivity index (χ3n) is 4.67. The molecule has 3 rings (SSSR count). The lowest BCUT2D eigenvalue weighted by Gasteiger charge is -2.15. The van der Waals surface area contributed by atoms with Gasteiger partial charge in [-0.15, -0.1) is 0 Å². The van der Waals surface area contributed by atoms with E-state index in [9.17, 15) is 4.79 Å². The summed E-state index contributed by atoms with van der Waals surface area (Å²) in [4.78, 5) is 19.8. The van der Waals surface area contributed by atoms with E-state index in [2.05, 4.69) is 26.8 Å². The number of carbonyl (C=O) groups is 1. The lowest BCUT2D eigenvalue weighted by Crippen LogP contribution is -2.23. The van der Waals surface area contributed by atoms with Gasteiger partial charge in [0.2, 0.25) is 0 Å². The Balaban J connectivity index is 1.95. The number of aryl methyl sites for hydroxylation is 1. The minimum atomic E-state index is -0.0784. The number of amidine groups is 1. The maximum atomic E-state index is 12.9. The fraction of sp³-hybridized carbons (Fsp3) is 0.333. The van der Waals surface area contributed by atoms with Crippen LogP contribution in [0.25, 0.3) is 6.08 Å². The van der Waals surface area contributed by atoms with E-state index in [1.54, 1.807) is 19.1 Å². The maximum absolute atomic E-state index is 12.9. The number of ether oxygens (including phenoxy) is 2. The van der Waals surface area contributed by atoms with Crippen molar-refractivity contribution in [3.63, 3.8) is 0 Å². The Morgan fingerprint density at radius 1 is 1.17 bits per heavy atom. The Morgan fingerprint density at radius 2 is 1.93 bits per heavy atom. The van der Waals surface area contributed by atoms with Crippen LogP contribution in [0.5, 0.6) is 11.5 Å². The fourth-order valence-electron chi connectivity index (χ4n) is 3.03. The molecule has 6 heteroatoms. The van der Waals surface area contributed by atoms with Crippen LogP contribution in [0.15, 0.2) is 52.4 Å². The molecule has 0 bridgehead atoms. The van der Waals surface area contributed by atoms with E-state index in [1.165, 1.54) is 11.8 Å². The second kappa shape index (κ2) is 9.85. The van der Waals surface area contributed by atoms with E-state index in [-0.39, 0.29) is 5.91 Å². The van der Waals surface area contributed by atoms with Crippen molar-refractivity contribution in [2.24, 2.45) is 10.9 Å². The fourth-order valence-corrected chi connectivity index (χ4v) is 4.00. The van der Waals surface area contributed by atoms with E-state index in [1.807, 2.05) is 42.5 Å². The van der Waals surface area contributed by atoms with Gasteiger partial charge in [0.25, 0.3) is 5.91 Å². The molecule has 5 nitrogen and oxygen atoms in total. The molecule has 1 aliphatic heterocycles. The third-order valence-corrected chi connectivity index (χ3v) is 5.73. The number of nitrogens with zero attached hydrogens (tertiary/aromatic N) is 2. The second-order valence-electron chi connectivity index (χ2n) is 7.43. The summed E-state index contributed by atoms with van der Waals surface area (Å²) in [5.74, 6) is 1.60. The molecule has 0 unspecified atom stereocenters. The Morgan fingerprint density at radius 3 is 2.63 bits per heavy atom. The molecule has 1 fully saturated rings. The number of hydrogen-bond donors (Lipinski definition) is 0. The Hall–Kier alpha value is -2.73. The molecule has 30 heavy (non-hydrogen) atoms. The van der Waals surface area contributed by atoms with E-state index in [4.69, 9.17) is 14.5 Å². The van der Waals surface area contributed by atoms with Crippen LogP contribution in [-0.2, 0) is 11.2 Å². The molecule has 0 radical (unpaired) electrons. The topological polar surface area (TPSA) is 51.1 Å². The highest BCUT2D eigenvalue weighted by atomic mass is 32.2. The average Bonchev–Trinajstić information content (AvgIpc) is 3.00. The summed E-state index contributed by atoms with van der Waals surface area (Å²) in [6.07, 6.45) is 2.74. The highest BCUT2D eigenvalue weighted by molar-refractivity contribution is 8.18. The van der Waals surface area contributed by atoms with Crippen molar-refractivity contribution >= 4 is 34.6 Å². The van der Waals surface area contributed by atoms with Crippen molar-refractivity contribution < 1.29 is 14.3 Å². The molecular formula is C24H28N2O3S. The number of rotatable bonds is 7. The molecular weight excluding hydrogens is 396 g/mol. The summed E-state index contributed by atoms with van der Waals surface area (Å²) >= 11 is 1.37. The van der Waals surface area contributed by atoms with Crippen molar-refractivity contribution in [2.45, 2.75) is 27.2 Å². The van der Waals surface area contributed by atoms with Gasteiger partial charge in [0.15, 0.2) is 16.7 Å². The molecule has 0 spiro atoms. The Kier molecular flexibility index (Phi) is 7.21. The van der Waals surface area contributed by atoms with Crippen molar-refractivity contribution in [3.8, 4) is 11.5 Å². The number of methoxy groups -OCH3 is 1. The summed E-state index contributed by atoms with van der Waals surface area (Å²) in [6, 6.07) is 13.7. The summed E-state index contributed by atoms with van der Waals surface area (Å²) in [7, 11) is 3.37. The summed E-state index contributed by atoms with van der Waals surface area (Å²) in [5, 5.41) is 0.666. The second-order valence-corrected chi connectivity index (χ2v) is 8.44. The zero-order chi connectivity index (χ0) is 21.7. The first-order chi connectivity index (χ1) is 14.4. The minimum absolute atomic E-state index is 0.0784. The van der Waals surface area contributed by atoms with E-state index >= 15 is 0 Å². The number of aliphatic imine (C=N–C) groups is 1. The third kappa shape index (κ3) is 4.87. The van der Waals surface area contributed by atoms with E-state index in [0.29, 0.717) is 34.1 Å². The van der Waals surface area contributed by atoms with Crippen LogP contribution in [0.4, 0.5) is 5.69 Å². The molecule has 1 amide bonds. The number of thioether (sulfide) groups is 1. The van der Waals surface area contributed by atoms with Crippen molar-refractivity contribution in [3.05, 3.63) is 58.5 Å². The molecule has 1 saturated heterocycles. The van der Waals surface area contributed by atoms with Gasteiger partial charge in [-0.05, 0) is 47.9 Å². The highest BCUT2D eigenvalue weighted by Gasteiger charge is 2.31. The maximum Gasteiger partial charge on any atom is 0.266 e. The molecule has 1 aliphatic rings. The van der Waals surface area contributed by atoms with Crippen molar-refractivity contribution in [2.75, 3.05) is 20.8 Å². The molecule has 2 aromatic rings. The number of benzene rings is 2. The molecule has 0 aromatic heterocycles. The molecule has 0 atom stereocenters. The van der Waals surface area contributed by atoms with Gasteiger partial charge in [-0.2, -0.15) is 0 Å². The number of para-hydroxylation sites is 2. The first kappa shape index (κ1) is 22.0. The monoisotopic (exact) mass is 424 g/mol. The van der Waals surface area contributed by atoms with Crippen LogP contribution in [0.3, 0.4) is 0 Å². The molecule has 0 saturated carbocycles. The SMILES string of the molecule is CCc1ccccc1N=C1S/C(=C/c2cccc(OC)c2OCC(C)C)C(=O)N1C. The van der Waals surface area contributed by atoms with E-state index in [0.717, 1.165) is 23.2 Å². The highest BCUT2D eigenvalue weighted by Crippen LogP contribution is 2.38. The van der Waals surface area contributed by atoms with Gasteiger partial charge in [-0.25, -0.2) is 4.99 Å². The normalized spacial score (nSPS) is 16.7. The van der Waals surface area contributed by atoms with Crippen LogP contribution in [0.1, 0.15) is 31.9 Å². The van der Waals surface area contributed by atoms with E-state index < -0.39 is 0 Å². The predicted molar refractivity (Wildman–Crippen MR) is 125 cm³/mol. The molecule has 158 valence electrons. The lowest BCUT2D eigenvalue weighted by molar-refractivity contribution is -0.121. The van der Waals surface area contributed by atoms with Crippen LogP contribution in [0, 0.1) is 5.92 Å². The Labute approximate surface area is 182 Å². The van der Waals surface area contributed by atoms with Gasteiger partial charge >= 0.3 is 0 Å². The van der Waals surface area contributed by atoms with Gasteiger partial charge in [0, 0.05) is 12.6 Å². The first-order valence-corrected chi connectivity index (χ1v) is 10.9. The molecule has 2 aromatic carbocycles. The zero-order valence-corrected chi connectivity index (χ0v) is 19.0. The zero-order valence-electron chi connectivity index (χ0n) is 18.1. The summed E-state index contributed by atoms with van der Waals surface area (Å²) in [6.45, 7) is 6.85. The molecule has 0 aliphatic carbocycles. The summed E-state index contributed by atoms with van der Waals surface area (Å²) < 4.78 is 11.5. The average molecular weight is 425 g/mol. The first-order valence-electron chi connectivity index (χ1n) is 10.1. The quantitative estimate of drug-likeness (QED) is 0.549. The van der Waals surface area contributed by atoms with Crippen molar-refractivity contribution in [1.82, 2.24) is 4.90 Å².